The first-order valence-corrected chi connectivity index (χ1v) is 7.48. The molecule has 0 bridgehead atoms. The van der Waals surface area contributed by atoms with E-state index in [1.807, 2.05) is 20.8 Å². The van der Waals surface area contributed by atoms with Gasteiger partial charge in [0.1, 0.15) is 9.71 Å². The molecule has 0 aliphatic heterocycles. The number of carbonyl (C=O) groups is 1. The predicted molar refractivity (Wildman–Crippen MR) is 84.7 cm³/mol. The Kier molecular flexibility index (Phi) is 4.43. The summed E-state index contributed by atoms with van der Waals surface area (Å²) in [4.78, 5) is 15.5. The lowest BCUT2D eigenvalue weighted by molar-refractivity contribution is 0.0639. The lowest BCUT2D eigenvalue weighted by atomic mass is 10.1. The van der Waals surface area contributed by atoms with Crippen molar-refractivity contribution in [3.8, 4) is 0 Å². The van der Waals surface area contributed by atoms with Crippen LogP contribution in [-0.4, -0.2) is 47.8 Å². The van der Waals surface area contributed by atoms with E-state index in [4.69, 9.17) is 10.5 Å². The average molecular weight is 308 g/mol. The van der Waals surface area contributed by atoms with Gasteiger partial charge in [-0.05, 0) is 26.3 Å². The van der Waals surface area contributed by atoms with Gasteiger partial charge in [-0.2, -0.15) is 5.10 Å². The first-order valence-electron chi connectivity index (χ1n) is 6.66. The molecule has 2 rings (SSSR count). The molecule has 0 saturated heterocycles. The number of nitrogen functional groups attached to an aromatic ring is 1. The van der Waals surface area contributed by atoms with E-state index in [0.717, 1.165) is 16.6 Å². The zero-order chi connectivity index (χ0) is 15.7. The molecule has 0 aliphatic carbocycles. The second-order valence-electron chi connectivity index (χ2n) is 5.16. The summed E-state index contributed by atoms with van der Waals surface area (Å²) in [5.41, 5.74) is 8.48. The molecule has 1 unspecified atom stereocenters. The van der Waals surface area contributed by atoms with E-state index < -0.39 is 0 Å². The van der Waals surface area contributed by atoms with Crippen molar-refractivity contribution < 1.29 is 9.53 Å². The molecule has 0 fully saturated rings. The summed E-state index contributed by atoms with van der Waals surface area (Å²) < 4.78 is 5.09. The number of carbonyl (C=O) groups excluding carboxylic acids is 1. The molecule has 0 aliphatic rings. The number of methoxy groups -OCH3 is 1. The van der Waals surface area contributed by atoms with Gasteiger partial charge in [-0.25, -0.2) is 0 Å². The maximum absolute atomic E-state index is 12.6. The average Bonchev–Trinajstić information content (AvgIpc) is 2.79. The molecule has 2 aromatic rings. The number of fused-ring (bicyclic) bond motifs is 1. The quantitative estimate of drug-likeness (QED) is 0.934. The molecular weight excluding hydrogens is 288 g/mol. The molecule has 0 saturated carbocycles. The Morgan fingerprint density at radius 3 is 2.71 bits per heavy atom. The molecule has 21 heavy (non-hydrogen) atoms. The van der Waals surface area contributed by atoms with Crippen LogP contribution in [0.1, 0.15) is 27.9 Å². The smallest absolute Gasteiger partial charge is 0.266 e. The first-order chi connectivity index (χ1) is 9.88. The fourth-order valence-electron chi connectivity index (χ4n) is 2.11. The van der Waals surface area contributed by atoms with E-state index in [1.165, 1.54) is 11.3 Å². The molecule has 1 amide bonds. The van der Waals surface area contributed by atoms with E-state index in [9.17, 15) is 4.79 Å². The molecular formula is C14H20N4O2S. The van der Waals surface area contributed by atoms with Crippen LogP contribution < -0.4 is 5.73 Å². The topological polar surface area (TPSA) is 81.3 Å². The summed E-state index contributed by atoms with van der Waals surface area (Å²) in [6.45, 7) is 6.24. The Balaban J connectivity index is 2.45. The highest BCUT2D eigenvalue weighted by atomic mass is 32.1. The molecule has 7 heteroatoms. The van der Waals surface area contributed by atoms with Gasteiger partial charge in [0, 0.05) is 19.5 Å². The van der Waals surface area contributed by atoms with Gasteiger partial charge in [-0.1, -0.05) is 0 Å². The van der Waals surface area contributed by atoms with Crippen LogP contribution in [0.25, 0.3) is 10.2 Å². The molecule has 2 heterocycles. The van der Waals surface area contributed by atoms with Crippen molar-refractivity contribution in [1.82, 2.24) is 15.1 Å². The van der Waals surface area contributed by atoms with Crippen molar-refractivity contribution in [2.24, 2.45) is 0 Å². The molecule has 114 valence electrons. The Hall–Kier alpha value is -1.73. The lowest BCUT2D eigenvalue weighted by Gasteiger charge is -2.23. The molecule has 0 aromatic carbocycles. The van der Waals surface area contributed by atoms with Crippen LogP contribution in [0.3, 0.4) is 0 Å². The van der Waals surface area contributed by atoms with Crippen molar-refractivity contribution in [3.63, 3.8) is 0 Å². The number of thiophene rings is 1. The maximum atomic E-state index is 12.6. The highest BCUT2D eigenvalue weighted by Gasteiger charge is 2.24. The summed E-state index contributed by atoms with van der Waals surface area (Å²) in [6.07, 6.45) is 0. The minimum Gasteiger partial charge on any atom is -0.397 e. The second kappa shape index (κ2) is 5.95. The minimum atomic E-state index is -0.114. The van der Waals surface area contributed by atoms with Gasteiger partial charge in [0.25, 0.3) is 5.91 Å². The zero-order valence-corrected chi connectivity index (χ0v) is 13.7. The molecule has 6 nitrogen and oxygen atoms in total. The standard InChI is InChI=1S/C14H20N4O2S/c1-7(6-20-5)18(4)14(19)12-11(15)10-8(2)9(3)16-17-13(10)21-12/h7H,6,15H2,1-5H3. The fraction of sp³-hybridized carbons (Fsp3) is 0.500. The second-order valence-corrected chi connectivity index (χ2v) is 6.15. The highest BCUT2D eigenvalue weighted by Crippen LogP contribution is 2.35. The van der Waals surface area contributed by atoms with Crippen LogP contribution in [0.15, 0.2) is 0 Å². The number of aromatic nitrogens is 2. The number of aryl methyl sites for hydroxylation is 2. The summed E-state index contributed by atoms with van der Waals surface area (Å²) in [5, 5.41) is 9.07. The third-order valence-electron chi connectivity index (χ3n) is 3.72. The van der Waals surface area contributed by atoms with E-state index in [0.29, 0.717) is 22.0 Å². The van der Waals surface area contributed by atoms with Crippen molar-refractivity contribution in [2.45, 2.75) is 26.8 Å². The normalized spacial score (nSPS) is 12.6. The van der Waals surface area contributed by atoms with Gasteiger partial charge >= 0.3 is 0 Å². The number of hydrogen-bond acceptors (Lipinski definition) is 6. The summed E-state index contributed by atoms with van der Waals surface area (Å²) in [6, 6.07) is -0.0268. The van der Waals surface area contributed by atoms with E-state index in [-0.39, 0.29) is 11.9 Å². The van der Waals surface area contributed by atoms with Crippen LogP contribution >= 0.6 is 11.3 Å². The lowest BCUT2D eigenvalue weighted by Crippen LogP contribution is -2.37. The molecule has 2 N–H and O–H groups in total. The number of ether oxygens (including phenoxy) is 1. The van der Waals surface area contributed by atoms with Crippen LogP contribution in [0, 0.1) is 13.8 Å². The van der Waals surface area contributed by atoms with E-state index >= 15 is 0 Å². The molecule has 1 atom stereocenters. The maximum Gasteiger partial charge on any atom is 0.266 e. The largest absolute Gasteiger partial charge is 0.397 e. The van der Waals surface area contributed by atoms with Crippen molar-refractivity contribution >= 4 is 33.1 Å². The Labute approximate surface area is 127 Å². The molecule has 0 radical (unpaired) electrons. The summed E-state index contributed by atoms with van der Waals surface area (Å²) >= 11 is 1.29. The summed E-state index contributed by atoms with van der Waals surface area (Å²) in [5.74, 6) is -0.114. The highest BCUT2D eigenvalue weighted by molar-refractivity contribution is 7.21. The van der Waals surface area contributed by atoms with Crippen LogP contribution in [0.4, 0.5) is 5.69 Å². The van der Waals surface area contributed by atoms with Crippen LogP contribution in [0.2, 0.25) is 0 Å². The summed E-state index contributed by atoms with van der Waals surface area (Å²) in [7, 11) is 3.37. The third kappa shape index (κ3) is 2.71. The number of rotatable bonds is 4. The van der Waals surface area contributed by atoms with Crippen molar-refractivity contribution in [2.75, 3.05) is 26.5 Å². The monoisotopic (exact) mass is 308 g/mol. The van der Waals surface area contributed by atoms with Gasteiger partial charge < -0.3 is 15.4 Å². The van der Waals surface area contributed by atoms with Gasteiger partial charge in [0.05, 0.1) is 24.0 Å². The predicted octanol–water partition coefficient (Wildman–Crippen LogP) is 2.00. The van der Waals surface area contributed by atoms with E-state index in [2.05, 4.69) is 10.2 Å². The number of hydrogen-bond donors (Lipinski definition) is 1. The minimum absolute atomic E-state index is 0.0268. The van der Waals surface area contributed by atoms with Gasteiger partial charge in [0.2, 0.25) is 0 Å². The Morgan fingerprint density at radius 1 is 1.43 bits per heavy atom. The fourth-order valence-corrected chi connectivity index (χ4v) is 3.20. The number of nitrogens with zero attached hydrogens (tertiary/aromatic N) is 3. The van der Waals surface area contributed by atoms with Gasteiger partial charge in [0.15, 0.2) is 0 Å². The van der Waals surface area contributed by atoms with Gasteiger partial charge in [-0.15, -0.1) is 16.4 Å². The van der Waals surface area contributed by atoms with Gasteiger partial charge in [-0.3, -0.25) is 4.79 Å². The molecule has 0 spiro atoms. The number of likely N-dealkylation sites (N-methyl/N-ethyl adjacent to an activating group) is 1. The third-order valence-corrected chi connectivity index (χ3v) is 4.80. The number of anilines is 1. The first kappa shape index (κ1) is 15.7. The van der Waals surface area contributed by atoms with E-state index in [1.54, 1.807) is 19.1 Å². The van der Waals surface area contributed by atoms with Crippen LogP contribution in [-0.2, 0) is 4.74 Å². The SMILES string of the molecule is COCC(C)N(C)C(=O)c1sc2nnc(C)c(C)c2c1N. The molecule has 2 aromatic heterocycles. The number of amides is 1. The zero-order valence-electron chi connectivity index (χ0n) is 12.9. The van der Waals surface area contributed by atoms with Crippen molar-refractivity contribution in [3.05, 3.63) is 16.1 Å². The Bertz CT molecular complexity index is 683. The Morgan fingerprint density at radius 2 is 2.10 bits per heavy atom. The van der Waals surface area contributed by atoms with Crippen molar-refractivity contribution in [1.29, 1.82) is 0 Å². The number of nitrogens with two attached hydrogens (primary N) is 1. The van der Waals surface area contributed by atoms with Crippen LogP contribution in [0.5, 0.6) is 0 Å².